The molecule has 0 saturated carbocycles. The summed E-state index contributed by atoms with van der Waals surface area (Å²) in [5, 5.41) is 0. The van der Waals surface area contributed by atoms with Crippen LogP contribution in [0.15, 0.2) is 53.4 Å². The van der Waals surface area contributed by atoms with Gasteiger partial charge in [0.15, 0.2) is 0 Å². The molecule has 0 aliphatic carbocycles. The lowest BCUT2D eigenvalue weighted by Gasteiger charge is -2.32. The van der Waals surface area contributed by atoms with Gasteiger partial charge >= 0.3 is 0 Å². The first-order valence-corrected chi connectivity index (χ1v) is 11.6. The Morgan fingerprint density at radius 2 is 1.77 bits per heavy atom. The minimum atomic E-state index is -4.12. The summed E-state index contributed by atoms with van der Waals surface area (Å²) < 4.78 is 27.4. The van der Waals surface area contributed by atoms with E-state index in [4.69, 9.17) is 0 Å². The minimum Gasteiger partial charge on any atom is -0.334 e. The molecule has 1 aliphatic heterocycles. The van der Waals surface area contributed by atoms with E-state index in [9.17, 15) is 18.0 Å². The van der Waals surface area contributed by atoms with E-state index in [1.54, 1.807) is 17.0 Å². The SMILES string of the molecule is Cc1ccc(S(=O)(=O)N2C(=O)CC[C@@H]2C(=O)N(Cc2ccccc2)C(C)C)cc1C. The van der Waals surface area contributed by atoms with Crippen molar-refractivity contribution < 1.29 is 18.0 Å². The number of sulfonamides is 1. The smallest absolute Gasteiger partial charge is 0.267 e. The summed E-state index contributed by atoms with van der Waals surface area (Å²) in [6.45, 7) is 7.85. The molecule has 1 fully saturated rings. The lowest BCUT2D eigenvalue weighted by Crippen LogP contribution is -2.50. The van der Waals surface area contributed by atoms with Gasteiger partial charge in [0, 0.05) is 19.0 Å². The first-order chi connectivity index (χ1) is 14.1. The van der Waals surface area contributed by atoms with Crippen LogP contribution >= 0.6 is 0 Å². The third-order valence-electron chi connectivity index (χ3n) is 5.58. The van der Waals surface area contributed by atoms with E-state index in [2.05, 4.69) is 0 Å². The van der Waals surface area contributed by atoms with Crippen molar-refractivity contribution in [1.29, 1.82) is 0 Å². The van der Waals surface area contributed by atoms with Crippen molar-refractivity contribution in [2.75, 3.05) is 0 Å². The molecule has 0 aromatic heterocycles. The molecular formula is C23H28N2O4S. The number of hydrogen-bond acceptors (Lipinski definition) is 4. The molecule has 1 saturated heterocycles. The summed E-state index contributed by atoms with van der Waals surface area (Å²) in [6.07, 6.45) is 0.234. The Bertz CT molecular complexity index is 1050. The van der Waals surface area contributed by atoms with E-state index in [1.807, 2.05) is 58.0 Å². The highest BCUT2D eigenvalue weighted by atomic mass is 32.2. The van der Waals surface area contributed by atoms with Crippen molar-refractivity contribution in [3.8, 4) is 0 Å². The van der Waals surface area contributed by atoms with Crippen LogP contribution in [0.2, 0.25) is 0 Å². The molecule has 1 heterocycles. The largest absolute Gasteiger partial charge is 0.334 e. The van der Waals surface area contributed by atoms with Crippen LogP contribution in [-0.4, -0.2) is 41.5 Å². The topological polar surface area (TPSA) is 74.8 Å². The van der Waals surface area contributed by atoms with E-state index in [1.165, 1.54) is 6.07 Å². The molecule has 0 radical (unpaired) electrons. The number of nitrogens with zero attached hydrogens (tertiary/aromatic N) is 2. The maximum atomic E-state index is 13.4. The van der Waals surface area contributed by atoms with Crippen LogP contribution < -0.4 is 0 Å². The molecular weight excluding hydrogens is 400 g/mol. The number of carbonyl (C=O) groups excluding carboxylic acids is 2. The van der Waals surface area contributed by atoms with E-state index < -0.39 is 22.0 Å². The molecule has 2 amide bonds. The van der Waals surface area contributed by atoms with Crippen molar-refractivity contribution in [3.05, 3.63) is 65.2 Å². The fraction of sp³-hybridized carbons (Fsp3) is 0.391. The van der Waals surface area contributed by atoms with Crippen LogP contribution in [0, 0.1) is 13.8 Å². The fourth-order valence-electron chi connectivity index (χ4n) is 3.66. The second kappa shape index (κ2) is 8.60. The molecule has 0 spiro atoms. The Morgan fingerprint density at radius 3 is 2.37 bits per heavy atom. The van der Waals surface area contributed by atoms with Gasteiger partial charge in [0.1, 0.15) is 6.04 Å². The summed E-state index contributed by atoms with van der Waals surface area (Å²) in [4.78, 5) is 27.7. The van der Waals surface area contributed by atoms with Crippen LogP contribution in [0.3, 0.4) is 0 Å². The zero-order valence-electron chi connectivity index (χ0n) is 17.8. The lowest BCUT2D eigenvalue weighted by molar-refractivity contribution is -0.139. The van der Waals surface area contributed by atoms with Gasteiger partial charge < -0.3 is 4.90 Å². The van der Waals surface area contributed by atoms with E-state index >= 15 is 0 Å². The standard InChI is InChI=1S/C23H28N2O4S/c1-16(2)24(15-19-8-6-5-7-9-19)23(27)21-12-13-22(26)25(21)30(28,29)20-11-10-17(3)18(4)14-20/h5-11,14,16,21H,12-13,15H2,1-4H3/t21-/m1/s1. The molecule has 30 heavy (non-hydrogen) atoms. The summed E-state index contributed by atoms with van der Waals surface area (Å²) in [5.41, 5.74) is 2.73. The number of benzene rings is 2. The van der Waals surface area contributed by atoms with E-state index in [-0.39, 0.29) is 29.7 Å². The summed E-state index contributed by atoms with van der Waals surface area (Å²) in [5.74, 6) is -0.873. The van der Waals surface area contributed by atoms with Crippen LogP contribution in [0.5, 0.6) is 0 Å². The van der Waals surface area contributed by atoms with Crippen LogP contribution in [-0.2, 0) is 26.2 Å². The lowest BCUT2D eigenvalue weighted by atomic mass is 10.1. The van der Waals surface area contributed by atoms with Crippen molar-refractivity contribution in [2.24, 2.45) is 0 Å². The van der Waals surface area contributed by atoms with Crippen molar-refractivity contribution in [1.82, 2.24) is 9.21 Å². The van der Waals surface area contributed by atoms with Crippen LogP contribution in [0.1, 0.15) is 43.4 Å². The van der Waals surface area contributed by atoms with Crippen molar-refractivity contribution in [3.63, 3.8) is 0 Å². The van der Waals surface area contributed by atoms with Gasteiger partial charge in [-0.25, -0.2) is 12.7 Å². The van der Waals surface area contributed by atoms with Crippen LogP contribution in [0.4, 0.5) is 0 Å². The molecule has 2 aromatic rings. The Balaban J connectivity index is 1.94. The number of carbonyl (C=O) groups is 2. The monoisotopic (exact) mass is 428 g/mol. The highest BCUT2D eigenvalue weighted by Gasteiger charge is 2.46. The van der Waals surface area contributed by atoms with Gasteiger partial charge in [0.05, 0.1) is 4.90 Å². The van der Waals surface area contributed by atoms with Gasteiger partial charge in [-0.3, -0.25) is 9.59 Å². The Hall–Kier alpha value is -2.67. The van der Waals surface area contributed by atoms with Gasteiger partial charge in [-0.2, -0.15) is 0 Å². The number of amides is 2. The molecule has 0 unspecified atom stereocenters. The summed E-state index contributed by atoms with van der Waals surface area (Å²) in [7, 11) is -4.12. The number of aryl methyl sites for hydroxylation is 2. The zero-order valence-corrected chi connectivity index (χ0v) is 18.6. The van der Waals surface area contributed by atoms with E-state index in [0.29, 0.717) is 6.54 Å². The Labute approximate surface area is 178 Å². The normalized spacial score (nSPS) is 16.9. The molecule has 0 N–H and O–H groups in total. The Morgan fingerprint density at radius 1 is 1.10 bits per heavy atom. The van der Waals surface area contributed by atoms with Gasteiger partial charge in [0.25, 0.3) is 10.0 Å². The third-order valence-corrected chi connectivity index (χ3v) is 7.41. The minimum absolute atomic E-state index is 0.0394. The highest BCUT2D eigenvalue weighted by Crippen LogP contribution is 2.30. The second-order valence-corrected chi connectivity index (χ2v) is 9.86. The van der Waals surface area contributed by atoms with Crippen molar-refractivity contribution in [2.45, 2.75) is 64.1 Å². The third kappa shape index (κ3) is 4.26. The molecule has 7 heteroatoms. The molecule has 3 rings (SSSR count). The van der Waals surface area contributed by atoms with Gasteiger partial charge in [-0.1, -0.05) is 36.4 Å². The average Bonchev–Trinajstić information content (AvgIpc) is 3.10. The predicted octanol–water partition coefficient (Wildman–Crippen LogP) is 3.42. The maximum Gasteiger partial charge on any atom is 0.267 e. The first kappa shape index (κ1) is 22.0. The van der Waals surface area contributed by atoms with Gasteiger partial charge in [-0.15, -0.1) is 0 Å². The second-order valence-electron chi connectivity index (χ2n) is 8.04. The molecule has 160 valence electrons. The predicted molar refractivity (Wildman–Crippen MR) is 115 cm³/mol. The Kier molecular flexibility index (Phi) is 6.31. The number of hydrogen-bond donors (Lipinski definition) is 0. The van der Waals surface area contributed by atoms with Crippen molar-refractivity contribution >= 4 is 21.8 Å². The molecule has 0 bridgehead atoms. The first-order valence-electron chi connectivity index (χ1n) is 10.1. The number of rotatable bonds is 6. The van der Waals surface area contributed by atoms with Gasteiger partial charge in [0.2, 0.25) is 11.8 Å². The molecule has 1 aliphatic rings. The summed E-state index contributed by atoms with van der Waals surface area (Å²) in [6, 6.07) is 13.2. The highest BCUT2D eigenvalue weighted by molar-refractivity contribution is 7.89. The maximum absolute atomic E-state index is 13.4. The van der Waals surface area contributed by atoms with E-state index in [0.717, 1.165) is 21.0 Å². The quantitative estimate of drug-likeness (QED) is 0.707. The van der Waals surface area contributed by atoms with Gasteiger partial charge in [-0.05, 0) is 62.9 Å². The average molecular weight is 429 g/mol. The molecule has 2 aromatic carbocycles. The molecule has 6 nitrogen and oxygen atoms in total. The summed E-state index contributed by atoms with van der Waals surface area (Å²) >= 11 is 0. The fourth-order valence-corrected chi connectivity index (χ4v) is 5.34. The zero-order chi connectivity index (χ0) is 22.1. The van der Waals surface area contributed by atoms with Crippen LogP contribution in [0.25, 0.3) is 0 Å². The molecule has 1 atom stereocenters.